The van der Waals surface area contributed by atoms with Gasteiger partial charge in [0.15, 0.2) is 11.5 Å². The molecule has 0 atom stereocenters. The molecule has 0 fully saturated rings. The molecule has 0 radical (unpaired) electrons. The van der Waals surface area contributed by atoms with Crippen LogP contribution in [0.4, 0.5) is 5.82 Å². The zero-order valence-electron chi connectivity index (χ0n) is 20.6. The third kappa shape index (κ3) is 5.83. The van der Waals surface area contributed by atoms with Gasteiger partial charge < -0.3 is 19.5 Å². The van der Waals surface area contributed by atoms with Gasteiger partial charge in [0, 0.05) is 6.54 Å². The molecular weight excluding hydrogens is 440 g/mol. The first kappa shape index (κ1) is 24.3. The number of nitrogens with zero attached hydrogens (tertiary/aromatic N) is 1. The lowest BCUT2D eigenvalue weighted by Gasteiger charge is -2.17. The molecule has 3 aromatic rings. The molecule has 6 heteroatoms. The van der Waals surface area contributed by atoms with E-state index in [9.17, 15) is 4.79 Å². The number of aromatic nitrogens is 1. The monoisotopic (exact) mass is 472 g/mol. The molecule has 1 aliphatic carbocycles. The van der Waals surface area contributed by atoms with E-state index >= 15 is 0 Å². The molecular formula is C29H32N2O4. The quantitative estimate of drug-likeness (QED) is 0.313. The molecule has 1 aromatic heterocycles. The summed E-state index contributed by atoms with van der Waals surface area (Å²) in [6.07, 6.45) is 6.18. The Morgan fingerprint density at radius 1 is 1.00 bits per heavy atom. The number of benzene rings is 2. The Balaban J connectivity index is 1.72. The molecule has 0 saturated heterocycles. The summed E-state index contributed by atoms with van der Waals surface area (Å²) in [4.78, 5) is 17.9. The number of anilines is 1. The molecule has 0 spiro atoms. The number of nitrogens with one attached hydrogen (secondary N) is 1. The number of allylic oxidation sites excluding steroid dienone is 1. The van der Waals surface area contributed by atoms with Gasteiger partial charge in [0.2, 0.25) is 0 Å². The van der Waals surface area contributed by atoms with Crippen LogP contribution in [0.15, 0.2) is 54.6 Å². The highest BCUT2D eigenvalue weighted by molar-refractivity contribution is 5.96. The first-order valence-corrected chi connectivity index (χ1v) is 12.0. The Hall–Kier alpha value is -3.80. The number of rotatable bonds is 8. The van der Waals surface area contributed by atoms with Gasteiger partial charge in [-0.25, -0.2) is 9.78 Å². The van der Waals surface area contributed by atoms with Crippen molar-refractivity contribution in [1.29, 1.82) is 0 Å². The summed E-state index contributed by atoms with van der Waals surface area (Å²) >= 11 is 0. The van der Waals surface area contributed by atoms with E-state index < -0.39 is 0 Å². The van der Waals surface area contributed by atoms with Crippen molar-refractivity contribution in [2.75, 3.05) is 26.1 Å². The number of fused-ring (bicyclic) bond motifs is 1. The van der Waals surface area contributed by atoms with Crippen molar-refractivity contribution in [3.63, 3.8) is 0 Å². The zero-order chi connectivity index (χ0) is 24.6. The number of hydrogen-bond donors (Lipinski definition) is 1. The predicted octanol–water partition coefficient (Wildman–Crippen LogP) is 6.15. The van der Waals surface area contributed by atoms with Gasteiger partial charge in [0.05, 0.1) is 26.5 Å². The fourth-order valence-corrected chi connectivity index (χ4v) is 4.34. The molecule has 0 aliphatic heterocycles. The maximum atomic E-state index is 12.9. The van der Waals surface area contributed by atoms with E-state index in [4.69, 9.17) is 19.2 Å². The largest absolute Gasteiger partial charge is 0.493 e. The van der Waals surface area contributed by atoms with Crippen molar-refractivity contribution in [1.82, 2.24) is 4.98 Å². The smallest absolute Gasteiger partial charge is 0.341 e. The van der Waals surface area contributed by atoms with E-state index in [-0.39, 0.29) is 5.97 Å². The number of pyridine rings is 1. The Morgan fingerprint density at radius 3 is 2.51 bits per heavy atom. The summed E-state index contributed by atoms with van der Waals surface area (Å²) in [6.45, 7) is 2.59. The SMILES string of the molecule is CCOC(=O)c1cc2c(nc1NCc1ccc(OC)c(OC)c1)/C(=C/c1ccccc1)CCCC2. The van der Waals surface area contributed by atoms with E-state index in [1.54, 1.807) is 14.2 Å². The minimum Gasteiger partial charge on any atom is -0.493 e. The molecule has 0 bridgehead atoms. The van der Waals surface area contributed by atoms with Gasteiger partial charge in [0.25, 0.3) is 0 Å². The van der Waals surface area contributed by atoms with Crippen molar-refractivity contribution in [2.24, 2.45) is 0 Å². The summed E-state index contributed by atoms with van der Waals surface area (Å²) in [5.41, 5.74) is 5.82. The molecule has 6 nitrogen and oxygen atoms in total. The van der Waals surface area contributed by atoms with Crippen LogP contribution in [0.5, 0.6) is 11.5 Å². The van der Waals surface area contributed by atoms with Gasteiger partial charge in [-0.15, -0.1) is 0 Å². The number of esters is 1. The second-order valence-electron chi connectivity index (χ2n) is 8.44. The van der Waals surface area contributed by atoms with Crippen LogP contribution in [0.1, 0.15) is 58.9 Å². The van der Waals surface area contributed by atoms with Crippen LogP contribution in [0, 0.1) is 0 Å². The Bertz CT molecular complexity index is 1200. The second-order valence-corrected chi connectivity index (χ2v) is 8.44. The third-order valence-electron chi connectivity index (χ3n) is 6.09. The van der Waals surface area contributed by atoms with Crippen molar-refractivity contribution >= 4 is 23.4 Å². The second kappa shape index (κ2) is 11.6. The maximum Gasteiger partial charge on any atom is 0.341 e. The average molecular weight is 473 g/mol. The molecule has 2 aromatic carbocycles. The van der Waals surface area contributed by atoms with E-state index in [0.29, 0.717) is 36.0 Å². The van der Waals surface area contributed by atoms with Crippen LogP contribution in [-0.2, 0) is 17.7 Å². The fourth-order valence-electron chi connectivity index (χ4n) is 4.34. The van der Waals surface area contributed by atoms with Crippen LogP contribution >= 0.6 is 0 Å². The van der Waals surface area contributed by atoms with E-state index in [2.05, 4.69) is 23.5 Å². The van der Waals surface area contributed by atoms with Gasteiger partial charge in [0.1, 0.15) is 11.4 Å². The Kier molecular flexibility index (Phi) is 8.03. The lowest BCUT2D eigenvalue weighted by atomic mass is 10.00. The van der Waals surface area contributed by atoms with Gasteiger partial charge >= 0.3 is 5.97 Å². The molecule has 0 saturated carbocycles. The normalized spacial score (nSPS) is 14.1. The number of methoxy groups -OCH3 is 2. The van der Waals surface area contributed by atoms with Crippen molar-refractivity contribution < 1.29 is 19.0 Å². The first-order chi connectivity index (χ1) is 17.1. The van der Waals surface area contributed by atoms with Crippen molar-refractivity contribution in [3.8, 4) is 11.5 Å². The molecule has 0 unspecified atom stereocenters. The average Bonchev–Trinajstić information content (AvgIpc) is 3.09. The third-order valence-corrected chi connectivity index (χ3v) is 6.09. The predicted molar refractivity (Wildman–Crippen MR) is 139 cm³/mol. The van der Waals surface area contributed by atoms with E-state index in [1.807, 2.05) is 49.4 Å². The molecule has 1 aliphatic rings. The van der Waals surface area contributed by atoms with Crippen LogP contribution < -0.4 is 14.8 Å². The van der Waals surface area contributed by atoms with Crippen molar-refractivity contribution in [2.45, 2.75) is 39.2 Å². The lowest BCUT2D eigenvalue weighted by molar-refractivity contribution is 0.0527. The van der Waals surface area contributed by atoms with Gasteiger partial charge in [-0.05, 0) is 79.1 Å². The summed E-state index contributed by atoms with van der Waals surface area (Å²) < 4.78 is 16.1. The lowest BCUT2D eigenvalue weighted by Crippen LogP contribution is -2.14. The number of ether oxygens (including phenoxy) is 3. The fraction of sp³-hybridized carbons (Fsp3) is 0.310. The summed E-state index contributed by atoms with van der Waals surface area (Å²) in [7, 11) is 3.23. The highest BCUT2D eigenvalue weighted by atomic mass is 16.5. The van der Waals surface area contributed by atoms with E-state index in [0.717, 1.165) is 48.1 Å². The highest BCUT2D eigenvalue weighted by Crippen LogP contribution is 2.33. The molecule has 0 amide bonds. The van der Waals surface area contributed by atoms with E-state index in [1.165, 1.54) is 5.57 Å². The molecule has 1 heterocycles. The Labute approximate surface area is 207 Å². The van der Waals surface area contributed by atoms with Gasteiger partial charge in [-0.3, -0.25) is 0 Å². The number of carbonyl (C=O) groups is 1. The Morgan fingerprint density at radius 2 is 1.77 bits per heavy atom. The summed E-state index contributed by atoms with van der Waals surface area (Å²) in [5.74, 6) is 1.48. The number of carbonyl (C=O) groups excluding carboxylic acids is 1. The van der Waals surface area contributed by atoms with Crippen molar-refractivity contribution in [3.05, 3.63) is 82.5 Å². The van der Waals surface area contributed by atoms with Gasteiger partial charge in [-0.1, -0.05) is 36.4 Å². The van der Waals surface area contributed by atoms with Gasteiger partial charge in [-0.2, -0.15) is 0 Å². The molecule has 1 N–H and O–H groups in total. The first-order valence-electron chi connectivity index (χ1n) is 12.0. The van der Waals surface area contributed by atoms with Crippen LogP contribution in [0.3, 0.4) is 0 Å². The van der Waals surface area contributed by atoms with Crippen LogP contribution in [0.2, 0.25) is 0 Å². The molecule has 4 rings (SSSR count). The topological polar surface area (TPSA) is 69.7 Å². The molecule has 182 valence electrons. The zero-order valence-corrected chi connectivity index (χ0v) is 20.6. The highest BCUT2D eigenvalue weighted by Gasteiger charge is 2.22. The minimum absolute atomic E-state index is 0.310. The summed E-state index contributed by atoms with van der Waals surface area (Å²) in [6, 6.07) is 18.0. The molecule has 35 heavy (non-hydrogen) atoms. The number of hydrogen-bond acceptors (Lipinski definition) is 6. The standard InChI is InChI=1S/C29H32N2O4/c1-4-35-29(32)24-18-23-13-9-8-12-22(16-20-10-6-5-7-11-20)27(23)31-28(24)30-19-21-14-15-25(33-2)26(17-21)34-3/h5-7,10-11,14-18H,4,8-9,12-13,19H2,1-3H3,(H,30,31)/b22-16+. The number of aryl methyl sites for hydroxylation is 1. The van der Waals surface area contributed by atoms with Crippen LogP contribution in [0.25, 0.3) is 11.6 Å². The summed E-state index contributed by atoms with van der Waals surface area (Å²) in [5, 5.41) is 3.38. The maximum absolute atomic E-state index is 12.9. The minimum atomic E-state index is -0.365. The van der Waals surface area contributed by atoms with Crippen LogP contribution in [-0.4, -0.2) is 31.8 Å².